The van der Waals surface area contributed by atoms with Gasteiger partial charge in [-0.2, -0.15) is 0 Å². The van der Waals surface area contributed by atoms with Crippen LogP contribution in [0.1, 0.15) is 32.4 Å². The molecule has 2 rings (SSSR count). The number of hydrogen-bond acceptors (Lipinski definition) is 4. The topological polar surface area (TPSA) is 72.8 Å². The number of nitrogens with zero attached hydrogens (tertiary/aromatic N) is 3. The highest BCUT2D eigenvalue weighted by molar-refractivity contribution is 14.0. The lowest BCUT2D eigenvalue weighted by molar-refractivity contribution is 0.241. The molecule has 3 N–H and O–H groups in total. The van der Waals surface area contributed by atoms with E-state index in [1.54, 1.807) is 0 Å². The van der Waals surface area contributed by atoms with Gasteiger partial charge in [0, 0.05) is 44.5 Å². The third-order valence-electron chi connectivity index (χ3n) is 4.25. The molecule has 1 aliphatic rings. The Balaban J connectivity index is 0.00000312. The zero-order chi connectivity index (χ0) is 17.4. The molecule has 6 nitrogen and oxygen atoms in total. The average molecular weight is 461 g/mol. The fourth-order valence-electron chi connectivity index (χ4n) is 2.78. The standard InChI is InChI=1S/C18H31N5O.HI/c1-4-19-18(20-12-14(2)13-24)22-16-8-10-23(11-9-16)17-7-5-6-15(3)21-17;/h5-7,14,16,24H,4,8-13H2,1-3H3,(H2,19,20,22);1H. The molecule has 0 bridgehead atoms. The number of aryl methyl sites for hydroxylation is 1. The van der Waals surface area contributed by atoms with E-state index in [1.807, 2.05) is 19.9 Å². The Kier molecular flexibility index (Phi) is 10.1. The van der Waals surface area contributed by atoms with Gasteiger partial charge in [0.25, 0.3) is 0 Å². The Morgan fingerprint density at radius 3 is 2.72 bits per heavy atom. The molecule has 1 saturated heterocycles. The quantitative estimate of drug-likeness (QED) is 0.344. The lowest BCUT2D eigenvalue weighted by Crippen LogP contribution is -2.49. The number of aliphatic imine (C=N–C) groups is 1. The molecule has 0 aliphatic carbocycles. The highest BCUT2D eigenvalue weighted by atomic mass is 127. The van der Waals surface area contributed by atoms with E-state index in [0.717, 1.165) is 49.9 Å². The summed E-state index contributed by atoms with van der Waals surface area (Å²) in [5.41, 5.74) is 1.06. The Morgan fingerprint density at radius 2 is 2.12 bits per heavy atom. The van der Waals surface area contributed by atoms with E-state index in [-0.39, 0.29) is 36.5 Å². The van der Waals surface area contributed by atoms with Gasteiger partial charge in [0.15, 0.2) is 5.96 Å². The highest BCUT2D eigenvalue weighted by Gasteiger charge is 2.21. The van der Waals surface area contributed by atoms with Gasteiger partial charge in [-0.05, 0) is 44.7 Å². The predicted octanol–water partition coefficient (Wildman–Crippen LogP) is 2.16. The lowest BCUT2D eigenvalue weighted by atomic mass is 10.1. The van der Waals surface area contributed by atoms with E-state index < -0.39 is 0 Å². The van der Waals surface area contributed by atoms with Crippen molar-refractivity contribution in [3.05, 3.63) is 23.9 Å². The van der Waals surface area contributed by atoms with E-state index in [4.69, 9.17) is 5.11 Å². The molecule has 142 valence electrons. The van der Waals surface area contributed by atoms with Crippen molar-refractivity contribution in [3.63, 3.8) is 0 Å². The van der Waals surface area contributed by atoms with Crippen LogP contribution in [0.5, 0.6) is 0 Å². The fourth-order valence-corrected chi connectivity index (χ4v) is 2.78. The maximum atomic E-state index is 9.13. The van der Waals surface area contributed by atoms with Gasteiger partial charge in [0.1, 0.15) is 5.82 Å². The largest absolute Gasteiger partial charge is 0.396 e. The molecule has 0 spiro atoms. The number of rotatable bonds is 6. The maximum absolute atomic E-state index is 9.13. The van der Waals surface area contributed by atoms with Gasteiger partial charge >= 0.3 is 0 Å². The number of nitrogens with one attached hydrogen (secondary N) is 2. The SMILES string of the molecule is CCNC(=NCC(C)CO)NC1CCN(c2cccc(C)n2)CC1.I. The summed E-state index contributed by atoms with van der Waals surface area (Å²) in [7, 11) is 0. The zero-order valence-electron chi connectivity index (χ0n) is 15.5. The molecule has 1 fully saturated rings. The van der Waals surface area contributed by atoms with Crippen LogP contribution in [-0.2, 0) is 0 Å². The van der Waals surface area contributed by atoms with Crippen LogP contribution >= 0.6 is 24.0 Å². The first-order valence-corrected chi connectivity index (χ1v) is 8.96. The number of aromatic nitrogens is 1. The van der Waals surface area contributed by atoms with Crippen molar-refractivity contribution in [3.8, 4) is 0 Å². The first-order valence-electron chi connectivity index (χ1n) is 8.96. The summed E-state index contributed by atoms with van der Waals surface area (Å²) in [6.45, 7) is 9.75. The van der Waals surface area contributed by atoms with Gasteiger partial charge in [0.05, 0.1) is 0 Å². The van der Waals surface area contributed by atoms with E-state index in [0.29, 0.717) is 12.6 Å². The number of aliphatic hydroxyl groups excluding tert-OH is 1. The zero-order valence-corrected chi connectivity index (χ0v) is 17.9. The monoisotopic (exact) mass is 461 g/mol. The second-order valence-electron chi connectivity index (χ2n) is 6.55. The third kappa shape index (κ3) is 7.35. The summed E-state index contributed by atoms with van der Waals surface area (Å²) in [5, 5.41) is 16.0. The number of anilines is 1. The Morgan fingerprint density at radius 1 is 1.40 bits per heavy atom. The second kappa shape index (κ2) is 11.5. The van der Waals surface area contributed by atoms with Crippen LogP contribution in [0.4, 0.5) is 5.82 Å². The van der Waals surface area contributed by atoms with Crippen molar-refractivity contribution in [1.82, 2.24) is 15.6 Å². The summed E-state index contributed by atoms with van der Waals surface area (Å²) in [6, 6.07) is 6.61. The molecule has 1 aliphatic heterocycles. The summed E-state index contributed by atoms with van der Waals surface area (Å²) in [4.78, 5) is 11.5. The Labute approximate surface area is 168 Å². The number of guanidine groups is 1. The Hall–Kier alpha value is -1.09. The molecular weight excluding hydrogens is 429 g/mol. The molecule has 1 aromatic heterocycles. The van der Waals surface area contributed by atoms with Gasteiger partial charge in [0.2, 0.25) is 0 Å². The van der Waals surface area contributed by atoms with Crippen molar-refractivity contribution in [2.24, 2.45) is 10.9 Å². The summed E-state index contributed by atoms with van der Waals surface area (Å²) in [6.07, 6.45) is 2.13. The van der Waals surface area contributed by atoms with Crippen LogP contribution in [0, 0.1) is 12.8 Å². The van der Waals surface area contributed by atoms with Crippen molar-refractivity contribution < 1.29 is 5.11 Å². The minimum Gasteiger partial charge on any atom is -0.396 e. The minimum absolute atomic E-state index is 0. The normalized spacial score (nSPS) is 17.0. The van der Waals surface area contributed by atoms with E-state index >= 15 is 0 Å². The van der Waals surface area contributed by atoms with Crippen molar-refractivity contribution >= 4 is 35.8 Å². The Bertz CT molecular complexity index is 532. The lowest BCUT2D eigenvalue weighted by Gasteiger charge is -2.34. The maximum Gasteiger partial charge on any atom is 0.191 e. The van der Waals surface area contributed by atoms with Crippen LogP contribution in [0.3, 0.4) is 0 Å². The van der Waals surface area contributed by atoms with Crippen LogP contribution in [0.25, 0.3) is 0 Å². The van der Waals surface area contributed by atoms with E-state index in [1.165, 1.54) is 0 Å². The summed E-state index contributed by atoms with van der Waals surface area (Å²) >= 11 is 0. The van der Waals surface area contributed by atoms with Crippen molar-refractivity contribution in [2.75, 3.05) is 37.7 Å². The summed E-state index contributed by atoms with van der Waals surface area (Å²) < 4.78 is 0. The van der Waals surface area contributed by atoms with E-state index in [9.17, 15) is 0 Å². The molecule has 25 heavy (non-hydrogen) atoms. The van der Waals surface area contributed by atoms with Gasteiger partial charge in [-0.3, -0.25) is 4.99 Å². The molecular formula is C18H32IN5O. The first kappa shape index (κ1) is 22.0. The molecule has 1 aromatic rings. The molecule has 7 heteroatoms. The van der Waals surface area contributed by atoms with Gasteiger partial charge in [-0.15, -0.1) is 24.0 Å². The van der Waals surface area contributed by atoms with Crippen LogP contribution in [-0.4, -0.2) is 54.9 Å². The smallest absolute Gasteiger partial charge is 0.191 e. The molecule has 1 atom stereocenters. The number of hydrogen-bond donors (Lipinski definition) is 3. The molecule has 0 radical (unpaired) electrons. The van der Waals surface area contributed by atoms with Crippen LogP contribution < -0.4 is 15.5 Å². The number of halogens is 1. The fraction of sp³-hybridized carbons (Fsp3) is 0.667. The molecule has 0 aromatic carbocycles. The van der Waals surface area contributed by atoms with Crippen LogP contribution in [0.15, 0.2) is 23.2 Å². The minimum atomic E-state index is 0. The summed E-state index contributed by atoms with van der Waals surface area (Å²) in [5.74, 6) is 2.12. The third-order valence-corrected chi connectivity index (χ3v) is 4.25. The highest BCUT2D eigenvalue weighted by Crippen LogP contribution is 2.18. The van der Waals surface area contributed by atoms with Crippen LogP contribution in [0.2, 0.25) is 0 Å². The van der Waals surface area contributed by atoms with Gasteiger partial charge in [-0.25, -0.2) is 4.98 Å². The van der Waals surface area contributed by atoms with Gasteiger partial charge < -0.3 is 20.6 Å². The predicted molar refractivity (Wildman–Crippen MR) is 115 cm³/mol. The number of piperidine rings is 1. The van der Waals surface area contributed by atoms with Gasteiger partial charge in [-0.1, -0.05) is 13.0 Å². The van der Waals surface area contributed by atoms with Crippen molar-refractivity contribution in [1.29, 1.82) is 0 Å². The molecule has 0 saturated carbocycles. The van der Waals surface area contributed by atoms with E-state index in [2.05, 4.69) is 44.6 Å². The van der Waals surface area contributed by atoms with Crippen molar-refractivity contribution in [2.45, 2.75) is 39.7 Å². The first-order chi connectivity index (χ1) is 11.6. The molecule has 0 amide bonds. The average Bonchev–Trinajstić information content (AvgIpc) is 2.60. The molecule has 2 heterocycles. The second-order valence-corrected chi connectivity index (χ2v) is 6.55. The number of aliphatic hydroxyl groups is 1. The number of pyridine rings is 1. The molecule has 1 unspecified atom stereocenters.